The fraction of sp³-hybridized carbons (Fsp3) is 0.625. The van der Waals surface area contributed by atoms with Gasteiger partial charge in [0, 0.05) is 11.6 Å². The minimum absolute atomic E-state index is 0.217. The van der Waals surface area contributed by atoms with Crippen molar-refractivity contribution in [3.05, 3.63) is 35.9 Å². The molecule has 0 amide bonds. The molecule has 0 radical (unpaired) electrons. The van der Waals surface area contributed by atoms with E-state index in [0.29, 0.717) is 12.0 Å². The lowest BCUT2D eigenvalue weighted by Gasteiger charge is -2.37. The molecule has 1 N–H and O–H groups in total. The van der Waals surface area contributed by atoms with Crippen LogP contribution in [-0.4, -0.2) is 11.6 Å². The molecule has 0 spiro atoms. The molecule has 2 atom stereocenters. The van der Waals surface area contributed by atoms with Crippen molar-refractivity contribution < 1.29 is 0 Å². The normalized spacial score (nSPS) is 25.8. The summed E-state index contributed by atoms with van der Waals surface area (Å²) in [4.78, 5) is 0. The van der Waals surface area contributed by atoms with Gasteiger partial charge in [0.2, 0.25) is 0 Å². The topological polar surface area (TPSA) is 12.0 Å². The summed E-state index contributed by atoms with van der Waals surface area (Å²) >= 11 is 0. The molecule has 17 heavy (non-hydrogen) atoms. The zero-order chi connectivity index (χ0) is 12.3. The van der Waals surface area contributed by atoms with Gasteiger partial charge in [-0.15, -0.1) is 0 Å². The molecule has 2 unspecified atom stereocenters. The number of hydrogen-bond acceptors (Lipinski definition) is 1. The molecular formula is C16H25N. The molecule has 1 aliphatic carbocycles. The molecule has 94 valence electrons. The zero-order valence-corrected chi connectivity index (χ0v) is 11.4. The van der Waals surface area contributed by atoms with Crippen molar-refractivity contribution >= 4 is 0 Å². The van der Waals surface area contributed by atoms with Crippen LogP contribution in [0.3, 0.4) is 0 Å². The van der Waals surface area contributed by atoms with Gasteiger partial charge >= 0.3 is 0 Å². The Morgan fingerprint density at radius 2 is 1.65 bits per heavy atom. The molecule has 1 saturated carbocycles. The maximum Gasteiger partial charge on any atom is 0.0141 e. The lowest BCUT2D eigenvalue weighted by Crippen LogP contribution is -2.47. The average molecular weight is 231 g/mol. The fourth-order valence-corrected chi connectivity index (χ4v) is 2.96. The Morgan fingerprint density at radius 1 is 1.00 bits per heavy atom. The van der Waals surface area contributed by atoms with Crippen molar-refractivity contribution in [1.82, 2.24) is 5.32 Å². The van der Waals surface area contributed by atoms with Crippen LogP contribution in [-0.2, 0) is 0 Å². The second-order valence-electron chi connectivity index (χ2n) is 6.30. The fourth-order valence-electron chi connectivity index (χ4n) is 2.96. The smallest absolute Gasteiger partial charge is 0.0141 e. The van der Waals surface area contributed by atoms with Gasteiger partial charge in [-0.1, -0.05) is 43.2 Å². The molecule has 1 aromatic rings. The second kappa shape index (κ2) is 5.22. The SMILES string of the molecule is CC(C)(C)NC1CCCCC1c1ccccc1. The standard InChI is InChI=1S/C16H25N/c1-16(2,3)17-15-12-8-7-11-14(15)13-9-5-4-6-10-13/h4-6,9-10,14-15,17H,7-8,11-12H2,1-3H3. The van der Waals surface area contributed by atoms with Crippen LogP contribution >= 0.6 is 0 Å². The molecule has 1 aromatic carbocycles. The van der Waals surface area contributed by atoms with E-state index in [1.54, 1.807) is 0 Å². The van der Waals surface area contributed by atoms with Crippen LogP contribution in [0.1, 0.15) is 57.9 Å². The van der Waals surface area contributed by atoms with Crippen LogP contribution in [0.25, 0.3) is 0 Å². The Bertz CT molecular complexity index is 336. The highest BCUT2D eigenvalue weighted by Crippen LogP contribution is 2.33. The summed E-state index contributed by atoms with van der Waals surface area (Å²) in [6.07, 6.45) is 5.40. The molecule has 0 bridgehead atoms. The minimum atomic E-state index is 0.217. The van der Waals surface area contributed by atoms with Crippen molar-refractivity contribution in [2.45, 2.75) is 64.0 Å². The first-order valence-electron chi connectivity index (χ1n) is 6.89. The number of benzene rings is 1. The van der Waals surface area contributed by atoms with Crippen molar-refractivity contribution in [1.29, 1.82) is 0 Å². The van der Waals surface area contributed by atoms with Gasteiger partial charge in [-0.2, -0.15) is 0 Å². The van der Waals surface area contributed by atoms with Gasteiger partial charge in [-0.25, -0.2) is 0 Å². The first-order valence-corrected chi connectivity index (χ1v) is 6.89. The molecule has 2 rings (SSSR count). The summed E-state index contributed by atoms with van der Waals surface area (Å²) in [5, 5.41) is 3.81. The summed E-state index contributed by atoms with van der Waals surface area (Å²) in [6.45, 7) is 6.80. The van der Waals surface area contributed by atoms with Gasteiger partial charge in [0.15, 0.2) is 0 Å². The third kappa shape index (κ3) is 3.57. The highest BCUT2D eigenvalue weighted by Gasteiger charge is 2.28. The third-order valence-corrected chi connectivity index (χ3v) is 3.61. The van der Waals surface area contributed by atoms with Gasteiger partial charge in [0.05, 0.1) is 0 Å². The molecule has 1 heteroatoms. The number of nitrogens with one attached hydrogen (secondary N) is 1. The van der Waals surface area contributed by atoms with Crippen LogP contribution in [0.5, 0.6) is 0 Å². The molecule has 1 aliphatic rings. The van der Waals surface area contributed by atoms with E-state index in [9.17, 15) is 0 Å². The van der Waals surface area contributed by atoms with Crippen LogP contribution < -0.4 is 5.32 Å². The van der Waals surface area contributed by atoms with Gasteiger partial charge in [-0.3, -0.25) is 0 Å². The molecule has 1 nitrogen and oxygen atoms in total. The summed E-state index contributed by atoms with van der Waals surface area (Å²) < 4.78 is 0. The van der Waals surface area contributed by atoms with E-state index in [-0.39, 0.29) is 5.54 Å². The number of rotatable bonds is 2. The molecule has 0 aliphatic heterocycles. The Hall–Kier alpha value is -0.820. The predicted octanol–water partition coefficient (Wildman–Crippen LogP) is 4.10. The van der Waals surface area contributed by atoms with Crippen molar-refractivity contribution in [3.8, 4) is 0 Å². The zero-order valence-electron chi connectivity index (χ0n) is 11.4. The molecular weight excluding hydrogens is 206 g/mol. The third-order valence-electron chi connectivity index (χ3n) is 3.61. The summed E-state index contributed by atoms with van der Waals surface area (Å²) in [7, 11) is 0. The van der Waals surface area contributed by atoms with Crippen molar-refractivity contribution in [3.63, 3.8) is 0 Å². The Balaban J connectivity index is 2.13. The summed E-state index contributed by atoms with van der Waals surface area (Å²) in [5.74, 6) is 0.698. The van der Waals surface area contributed by atoms with E-state index in [2.05, 4.69) is 56.4 Å². The Morgan fingerprint density at radius 3 is 2.29 bits per heavy atom. The predicted molar refractivity (Wildman–Crippen MR) is 74.3 cm³/mol. The molecule has 0 saturated heterocycles. The quantitative estimate of drug-likeness (QED) is 0.808. The van der Waals surface area contributed by atoms with E-state index in [4.69, 9.17) is 0 Å². The summed E-state index contributed by atoms with van der Waals surface area (Å²) in [6, 6.07) is 11.7. The summed E-state index contributed by atoms with van der Waals surface area (Å²) in [5.41, 5.74) is 1.73. The van der Waals surface area contributed by atoms with E-state index >= 15 is 0 Å². The second-order valence-corrected chi connectivity index (χ2v) is 6.30. The lowest BCUT2D eigenvalue weighted by molar-refractivity contribution is 0.265. The molecule has 0 heterocycles. The highest BCUT2D eigenvalue weighted by molar-refractivity contribution is 5.22. The van der Waals surface area contributed by atoms with E-state index < -0.39 is 0 Å². The lowest BCUT2D eigenvalue weighted by atomic mass is 9.79. The largest absolute Gasteiger partial charge is 0.309 e. The molecule has 1 fully saturated rings. The minimum Gasteiger partial charge on any atom is -0.309 e. The van der Waals surface area contributed by atoms with Gasteiger partial charge in [0.25, 0.3) is 0 Å². The Labute approximate surface area is 106 Å². The van der Waals surface area contributed by atoms with E-state index in [1.807, 2.05) is 0 Å². The van der Waals surface area contributed by atoms with Gasteiger partial charge in [0.1, 0.15) is 0 Å². The van der Waals surface area contributed by atoms with E-state index in [1.165, 1.54) is 31.2 Å². The van der Waals surface area contributed by atoms with Gasteiger partial charge in [-0.05, 0) is 45.1 Å². The van der Waals surface area contributed by atoms with Crippen molar-refractivity contribution in [2.75, 3.05) is 0 Å². The first-order chi connectivity index (χ1) is 8.06. The van der Waals surface area contributed by atoms with Crippen LogP contribution in [0.15, 0.2) is 30.3 Å². The van der Waals surface area contributed by atoms with Crippen molar-refractivity contribution in [2.24, 2.45) is 0 Å². The van der Waals surface area contributed by atoms with Crippen LogP contribution in [0.4, 0.5) is 0 Å². The Kier molecular flexibility index (Phi) is 3.88. The first kappa shape index (κ1) is 12.6. The maximum atomic E-state index is 3.81. The maximum absolute atomic E-state index is 3.81. The highest BCUT2D eigenvalue weighted by atomic mass is 15.0. The monoisotopic (exact) mass is 231 g/mol. The van der Waals surface area contributed by atoms with Crippen LogP contribution in [0.2, 0.25) is 0 Å². The van der Waals surface area contributed by atoms with E-state index in [0.717, 1.165) is 0 Å². The molecule has 0 aromatic heterocycles. The van der Waals surface area contributed by atoms with Gasteiger partial charge < -0.3 is 5.32 Å². The van der Waals surface area contributed by atoms with Crippen LogP contribution in [0, 0.1) is 0 Å². The number of hydrogen-bond donors (Lipinski definition) is 1. The average Bonchev–Trinajstić information content (AvgIpc) is 2.29.